The summed E-state index contributed by atoms with van der Waals surface area (Å²) in [5.41, 5.74) is 5.16. The molecule has 0 aliphatic heterocycles. The van der Waals surface area contributed by atoms with Gasteiger partial charge in [0.25, 0.3) is 0 Å². The van der Waals surface area contributed by atoms with Crippen molar-refractivity contribution < 1.29 is 9.53 Å². The Morgan fingerprint density at radius 2 is 2.06 bits per heavy atom. The summed E-state index contributed by atoms with van der Waals surface area (Å²) in [6.45, 7) is 0.878. The van der Waals surface area contributed by atoms with Crippen LogP contribution < -0.4 is 11.1 Å². The van der Waals surface area contributed by atoms with Gasteiger partial charge in [-0.15, -0.1) is 0 Å². The van der Waals surface area contributed by atoms with Crippen LogP contribution >= 0.6 is 0 Å². The van der Waals surface area contributed by atoms with E-state index in [-0.39, 0.29) is 12.0 Å². The van der Waals surface area contributed by atoms with Crippen molar-refractivity contribution in [1.82, 2.24) is 5.32 Å². The first-order valence-electron chi connectivity index (χ1n) is 7.37. The fraction of sp³-hybridized carbons (Fsp3) is 0.929. The predicted molar refractivity (Wildman–Crippen MR) is 69.0 cm³/mol. The lowest BCUT2D eigenvalue weighted by Gasteiger charge is -2.39. The average molecular weight is 252 g/mol. The molecule has 3 N–H and O–H groups in total. The minimum Gasteiger partial charge on any atom is -0.378 e. The van der Waals surface area contributed by atoms with Crippen LogP contribution in [0.1, 0.15) is 51.4 Å². The number of nitrogens with two attached hydrogens (primary N) is 1. The number of carbonyl (C=O) groups is 1. The van der Waals surface area contributed by atoms with E-state index >= 15 is 0 Å². The Balaban J connectivity index is 1.58. The van der Waals surface area contributed by atoms with Crippen LogP contribution in [0.2, 0.25) is 0 Å². The summed E-state index contributed by atoms with van der Waals surface area (Å²) in [7, 11) is 0. The lowest BCUT2D eigenvalue weighted by molar-refractivity contribution is -0.128. The van der Waals surface area contributed by atoms with Crippen molar-refractivity contribution in [3.05, 3.63) is 0 Å². The quantitative estimate of drug-likeness (QED) is 0.749. The zero-order chi connectivity index (χ0) is 12.6. The maximum absolute atomic E-state index is 11.8. The van der Waals surface area contributed by atoms with Crippen LogP contribution in [0.15, 0.2) is 0 Å². The molecule has 0 spiro atoms. The molecule has 0 radical (unpaired) electrons. The highest BCUT2D eigenvalue weighted by Gasteiger charge is 2.45. The van der Waals surface area contributed by atoms with E-state index in [0.717, 1.165) is 38.2 Å². The molecule has 2 unspecified atom stereocenters. The van der Waals surface area contributed by atoms with Gasteiger partial charge < -0.3 is 15.8 Å². The van der Waals surface area contributed by atoms with Gasteiger partial charge in [-0.1, -0.05) is 0 Å². The summed E-state index contributed by atoms with van der Waals surface area (Å²) < 4.78 is 5.97. The molecular formula is C14H24N2O2. The van der Waals surface area contributed by atoms with Crippen LogP contribution in [0.3, 0.4) is 0 Å². The third-order valence-electron chi connectivity index (χ3n) is 4.50. The highest BCUT2D eigenvalue weighted by molar-refractivity contribution is 5.85. The smallest absolute Gasteiger partial charge is 0.237 e. The number of ether oxygens (including phenoxy) is 1. The number of hydrogen-bond donors (Lipinski definition) is 2. The molecule has 2 atom stereocenters. The van der Waals surface area contributed by atoms with E-state index in [1.54, 1.807) is 0 Å². The van der Waals surface area contributed by atoms with Crippen LogP contribution in [0.25, 0.3) is 0 Å². The molecule has 0 aromatic heterocycles. The first-order chi connectivity index (χ1) is 8.68. The number of amides is 1. The van der Waals surface area contributed by atoms with Crippen molar-refractivity contribution in [2.45, 2.75) is 69.1 Å². The van der Waals surface area contributed by atoms with Gasteiger partial charge in [-0.25, -0.2) is 0 Å². The molecule has 3 aliphatic carbocycles. The maximum Gasteiger partial charge on any atom is 0.237 e. The topological polar surface area (TPSA) is 64.4 Å². The van der Waals surface area contributed by atoms with Crippen LogP contribution in [0, 0.1) is 5.92 Å². The van der Waals surface area contributed by atoms with E-state index in [1.807, 2.05) is 0 Å². The standard InChI is InChI=1S/C14H24N2O2/c15-13(17)14(16-11-5-6-11)7-1-2-12(8-14)18-9-10-3-4-10/h10-12,16H,1-9H2,(H2,15,17). The largest absolute Gasteiger partial charge is 0.378 e. The van der Waals surface area contributed by atoms with Crippen LogP contribution in [0.4, 0.5) is 0 Å². The molecular weight excluding hydrogens is 228 g/mol. The van der Waals surface area contributed by atoms with Gasteiger partial charge in [0.15, 0.2) is 0 Å². The van der Waals surface area contributed by atoms with Crippen LogP contribution in [-0.4, -0.2) is 30.2 Å². The maximum atomic E-state index is 11.8. The fourth-order valence-electron chi connectivity index (χ4n) is 2.97. The molecule has 0 heterocycles. The summed E-state index contributed by atoms with van der Waals surface area (Å²) in [6, 6.07) is 0.514. The second-order valence-corrected chi connectivity index (χ2v) is 6.36. The van der Waals surface area contributed by atoms with Gasteiger partial charge in [-0.05, 0) is 50.9 Å². The summed E-state index contributed by atoms with van der Waals surface area (Å²) in [4.78, 5) is 11.8. The number of primary amides is 1. The third kappa shape index (κ3) is 2.86. The Morgan fingerprint density at radius 1 is 1.28 bits per heavy atom. The monoisotopic (exact) mass is 252 g/mol. The predicted octanol–water partition coefficient (Wildman–Crippen LogP) is 1.33. The molecule has 18 heavy (non-hydrogen) atoms. The second-order valence-electron chi connectivity index (χ2n) is 6.36. The van der Waals surface area contributed by atoms with E-state index in [0.29, 0.717) is 6.04 Å². The molecule has 1 amide bonds. The Labute approximate surface area is 109 Å². The molecule has 102 valence electrons. The molecule has 4 heteroatoms. The Morgan fingerprint density at radius 3 is 2.67 bits per heavy atom. The van der Waals surface area contributed by atoms with Crippen LogP contribution in [0.5, 0.6) is 0 Å². The molecule has 0 aromatic rings. The lowest BCUT2D eigenvalue weighted by atomic mass is 9.79. The summed E-state index contributed by atoms with van der Waals surface area (Å²) in [6.07, 6.45) is 8.98. The minimum atomic E-state index is -0.492. The van der Waals surface area contributed by atoms with Gasteiger partial charge in [0.2, 0.25) is 5.91 Å². The first kappa shape index (κ1) is 12.4. The molecule has 3 fully saturated rings. The van der Waals surface area contributed by atoms with Crippen molar-refractivity contribution >= 4 is 5.91 Å². The van der Waals surface area contributed by atoms with E-state index in [9.17, 15) is 4.79 Å². The fourth-order valence-corrected chi connectivity index (χ4v) is 2.97. The molecule has 3 saturated carbocycles. The molecule has 3 aliphatic rings. The SMILES string of the molecule is NC(=O)C1(NC2CC2)CCCC(OCC2CC2)C1. The van der Waals surface area contributed by atoms with Gasteiger partial charge in [-0.2, -0.15) is 0 Å². The van der Waals surface area contributed by atoms with Gasteiger partial charge in [0.1, 0.15) is 5.54 Å². The van der Waals surface area contributed by atoms with E-state index in [4.69, 9.17) is 10.5 Å². The molecule has 4 nitrogen and oxygen atoms in total. The van der Waals surface area contributed by atoms with Crippen LogP contribution in [-0.2, 0) is 9.53 Å². The van der Waals surface area contributed by atoms with Crippen molar-refractivity contribution in [2.75, 3.05) is 6.61 Å². The Bertz CT molecular complexity index is 326. The molecule has 0 saturated heterocycles. The molecule has 3 rings (SSSR count). The first-order valence-corrected chi connectivity index (χ1v) is 7.37. The number of nitrogens with one attached hydrogen (secondary N) is 1. The number of carbonyl (C=O) groups excluding carboxylic acids is 1. The highest BCUT2D eigenvalue weighted by atomic mass is 16.5. The van der Waals surface area contributed by atoms with Gasteiger partial charge >= 0.3 is 0 Å². The van der Waals surface area contributed by atoms with Crippen molar-refractivity contribution in [2.24, 2.45) is 11.7 Å². The average Bonchev–Trinajstić information content (AvgIpc) is 3.22. The van der Waals surface area contributed by atoms with Crippen molar-refractivity contribution in [3.8, 4) is 0 Å². The summed E-state index contributed by atoms with van der Waals surface area (Å²) in [5.74, 6) is 0.598. The normalized spacial score (nSPS) is 36.6. The number of hydrogen-bond acceptors (Lipinski definition) is 3. The Kier molecular flexibility index (Phi) is 3.32. The van der Waals surface area contributed by atoms with Gasteiger partial charge in [-0.3, -0.25) is 4.79 Å². The minimum absolute atomic E-state index is 0.186. The van der Waals surface area contributed by atoms with Crippen molar-refractivity contribution in [1.29, 1.82) is 0 Å². The highest BCUT2D eigenvalue weighted by Crippen LogP contribution is 2.35. The third-order valence-corrected chi connectivity index (χ3v) is 4.50. The molecule has 0 bridgehead atoms. The van der Waals surface area contributed by atoms with Gasteiger partial charge in [0, 0.05) is 19.1 Å². The zero-order valence-electron chi connectivity index (χ0n) is 11.0. The van der Waals surface area contributed by atoms with Crippen molar-refractivity contribution in [3.63, 3.8) is 0 Å². The lowest BCUT2D eigenvalue weighted by Crippen LogP contribution is -2.59. The Hall–Kier alpha value is -0.610. The van der Waals surface area contributed by atoms with E-state index in [1.165, 1.54) is 25.7 Å². The number of rotatable bonds is 6. The second kappa shape index (κ2) is 4.82. The molecule has 0 aromatic carbocycles. The summed E-state index contributed by atoms with van der Waals surface area (Å²) >= 11 is 0. The zero-order valence-corrected chi connectivity index (χ0v) is 11.0. The van der Waals surface area contributed by atoms with E-state index in [2.05, 4.69) is 5.32 Å². The summed E-state index contributed by atoms with van der Waals surface area (Å²) in [5, 5.41) is 3.48. The van der Waals surface area contributed by atoms with Gasteiger partial charge in [0.05, 0.1) is 6.10 Å². The van der Waals surface area contributed by atoms with E-state index < -0.39 is 5.54 Å².